The third kappa shape index (κ3) is 9.05. The summed E-state index contributed by atoms with van der Waals surface area (Å²) in [6.45, 7) is 4.18. The standard InChI is InChI=1S/C10H19NO4/c1-3-4-7-15-10(14)11-8(2)5-6-9(12)13/h8H,3-7H2,1-2H3,(H,11,14)(H,12,13)/t8-/m1/s1. The van der Waals surface area contributed by atoms with E-state index in [0.717, 1.165) is 12.8 Å². The third-order valence-corrected chi connectivity index (χ3v) is 1.89. The van der Waals surface area contributed by atoms with E-state index in [1.54, 1.807) is 6.92 Å². The van der Waals surface area contributed by atoms with E-state index in [-0.39, 0.29) is 12.5 Å². The Morgan fingerprint density at radius 3 is 2.67 bits per heavy atom. The van der Waals surface area contributed by atoms with Crippen LogP contribution in [0.15, 0.2) is 0 Å². The molecular formula is C10H19NO4. The van der Waals surface area contributed by atoms with Gasteiger partial charge in [0.1, 0.15) is 0 Å². The first-order valence-electron chi connectivity index (χ1n) is 5.21. The number of hydrogen-bond acceptors (Lipinski definition) is 3. The van der Waals surface area contributed by atoms with Crippen molar-refractivity contribution in [1.29, 1.82) is 0 Å². The number of aliphatic carboxylic acids is 1. The Morgan fingerprint density at radius 2 is 2.13 bits per heavy atom. The molecule has 5 heteroatoms. The molecule has 0 aromatic rings. The molecule has 0 radical (unpaired) electrons. The Hall–Kier alpha value is -1.26. The maximum Gasteiger partial charge on any atom is 0.407 e. The number of ether oxygens (including phenoxy) is 1. The number of rotatable bonds is 7. The summed E-state index contributed by atoms with van der Waals surface area (Å²) in [5, 5.41) is 11.0. The molecule has 1 amide bonds. The number of unbranched alkanes of at least 4 members (excludes halogenated alkanes) is 1. The summed E-state index contributed by atoms with van der Waals surface area (Å²) in [5.74, 6) is -0.858. The van der Waals surface area contributed by atoms with Gasteiger partial charge >= 0.3 is 12.1 Å². The fraction of sp³-hybridized carbons (Fsp3) is 0.800. The summed E-state index contributed by atoms with van der Waals surface area (Å²) in [5.41, 5.74) is 0. The highest BCUT2D eigenvalue weighted by molar-refractivity contribution is 5.68. The number of carbonyl (C=O) groups is 2. The number of carboxylic acid groups (broad SMARTS) is 1. The molecule has 15 heavy (non-hydrogen) atoms. The highest BCUT2D eigenvalue weighted by Crippen LogP contribution is 1.97. The van der Waals surface area contributed by atoms with Crippen LogP contribution in [0.25, 0.3) is 0 Å². The van der Waals surface area contributed by atoms with Gasteiger partial charge < -0.3 is 15.2 Å². The van der Waals surface area contributed by atoms with Crippen molar-refractivity contribution in [3.05, 3.63) is 0 Å². The van der Waals surface area contributed by atoms with Gasteiger partial charge in [0.25, 0.3) is 0 Å². The molecule has 2 N–H and O–H groups in total. The minimum absolute atomic E-state index is 0.0520. The molecule has 1 atom stereocenters. The van der Waals surface area contributed by atoms with Gasteiger partial charge in [0.05, 0.1) is 6.61 Å². The molecule has 0 aliphatic carbocycles. The molecule has 0 heterocycles. The van der Waals surface area contributed by atoms with Gasteiger partial charge in [0, 0.05) is 12.5 Å². The molecule has 5 nitrogen and oxygen atoms in total. The van der Waals surface area contributed by atoms with Gasteiger partial charge in [0.15, 0.2) is 0 Å². The molecule has 0 bridgehead atoms. The predicted molar refractivity (Wildman–Crippen MR) is 55.7 cm³/mol. The Labute approximate surface area is 89.8 Å². The highest BCUT2D eigenvalue weighted by atomic mass is 16.5. The largest absolute Gasteiger partial charge is 0.481 e. The highest BCUT2D eigenvalue weighted by Gasteiger charge is 2.09. The fourth-order valence-electron chi connectivity index (χ4n) is 0.964. The van der Waals surface area contributed by atoms with Crippen LogP contribution in [-0.2, 0) is 9.53 Å². The van der Waals surface area contributed by atoms with Crippen LogP contribution in [-0.4, -0.2) is 29.8 Å². The lowest BCUT2D eigenvalue weighted by atomic mass is 10.2. The molecule has 0 rings (SSSR count). The van der Waals surface area contributed by atoms with Crippen LogP contribution < -0.4 is 5.32 Å². The van der Waals surface area contributed by atoms with Gasteiger partial charge in [-0.15, -0.1) is 0 Å². The molecule has 0 saturated carbocycles. The summed E-state index contributed by atoms with van der Waals surface area (Å²) in [6.07, 6.45) is 1.81. The topological polar surface area (TPSA) is 75.6 Å². The van der Waals surface area contributed by atoms with Crippen LogP contribution in [0.2, 0.25) is 0 Å². The number of carbonyl (C=O) groups excluding carboxylic acids is 1. The smallest absolute Gasteiger partial charge is 0.407 e. The molecular weight excluding hydrogens is 198 g/mol. The van der Waals surface area contributed by atoms with Gasteiger partial charge in [-0.3, -0.25) is 4.79 Å². The Balaban J connectivity index is 3.53. The lowest BCUT2D eigenvalue weighted by Crippen LogP contribution is -2.33. The normalized spacial score (nSPS) is 11.9. The molecule has 88 valence electrons. The van der Waals surface area contributed by atoms with Gasteiger partial charge in [0.2, 0.25) is 0 Å². The van der Waals surface area contributed by atoms with Crippen molar-refractivity contribution in [2.75, 3.05) is 6.61 Å². The zero-order valence-corrected chi connectivity index (χ0v) is 9.28. The average molecular weight is 217 g/mol. The Bertz CT molecular complexity index is 206. The van der Waals surface area contributed by atoms with Crippen molar-refractivity contribution in [2.45, 2.75) is 45.6 Å². The van der Waals surface area contributed by atoms with E-state index in [2.05, 4.69) is 5.32 Å². The first kappa shape index (κ1) is 13.7. The first-order chi connectivity index (χ1) is 7.06. The van der Waals surface area contributed by atoms with Crippen molar-refractivity contribution in [2.24, 2.45) is 0 Å². The van der Waals surface area contributed by atoms with E-state index < -0.39 is 12.1 Å². The molecule has 0 saturated heterocycles. The van der Waals surface area contributed by atoms with Crippen molar-refractivity contribution in [1.82, 2.24) is 5.32 Å². The number of carboxylic acids is 1. The van der Waals surface area contributed by atoms with Gasteiger partial charge in [-0.25, -0.2) is 4.79 Å². The number of amides is 1. The predicted octanol–water partition coefficient (Wildman–Crippen LogP) is 1.77. The van der Waals surface area contributed by atoms with Gasteiger partial charge in [-0.2, -0.15) is 0 Å². The summed E-state index contributed by atoms with van der Waals surface area (Å²) < 4.78 is 4.86. The fourth-order valence-corrected chi connectivity index (χ4v) is 0.964. The first-order valence-corrected chi connectivity index (χ1v) is 5.21. The van der Waals surface area contributed by atoms with E-state index in [1.807, 2.05) is 6.92 Å². The number of hydrogen-bond donors (Lipinski definition) is 2. The second-order valence-electron chi connectivity index (χ2n) is 3.47. The Kier molecular flexibility index (Phi) is 7.40. The molecule has 0 unspecified atom stereocenters. The third-order valence-electron chi connectivity index (χ3n) is 1.89. The monoisotopic (exact) mass is 217 g/mol. The second kappa shape index (κ2) is 8.08. The molecule has 0 fully saturated rings. The summed E-state index contributed by atoms with van der Waals surface area (Å²) in [7, 11) is 0. The molecule has 0 aliphatic rings. The van der Waals surface area contributed by atoms with E-state index in [1.165, 1.54) is 0 Å². The van der Waals surface area contributed by atoms with E-state index in [9.17, 15) is 9.59 Å². The molecule has 0 aliphatic heterocycles. The van der Waals surface area contributed by atoms with Crippen LogP contribution in [0.3, 0.4) is 0 Å². The van der Waals surface area contributed by atoms with Crippen molar-refractivity contribution < 1.29 is 19.4 Å². The van der Waals surface area contributed by atoms with Crippen LogP contribution in [0.4, 0.5) is 4.79 Å². The van der Waals surface area contributed by atoms with E-state index in [4.69, 9.17) is 9.84 Å². The SMILES string of the molecule is CCCCOC(=O)N[C@H](C)CCC(=O)O. The second-order valence-corrected chi connectivity index (χ2v) is 3.47. The lowest BCUT2D eigenvalue weighted by molar-refractivity contribution is -0.137. The minimum Gasteiger partial charge on any atom is -0.481 e. The average Bonchev–Trinajstić information content (AvgIpc) is 2.15. The van der Waals surface area contributed by atoms with Crippen molar-refractivity contribution in [3.8, 4) is 0 Å². The van der Waals surface area contributed by atoms with E-state index in [0.29, 0.717) is 13.0 Å². The lowest BCUT2D eigenvalue weighted by Gasteiger charge is -2.12. The molecule has 0 aromatic heterocycles. The maximum absolute atomic E-state index is 11.1. The number of nitrogens with one attached hydrogen (secondary N) is 1. The van der Waals surface area contributed by atoms with Crippen molar-refractivity contribution >= 4 is 12.1 Å². The Morgan fingerprint density at radius 1 is 1.47 bits per heavy atom. The minimum atomic E-state index is -0.858. The van der Waals surface area contributed by atoms with Gasteiger partial charge in [-0.05, 0) is 19.8 Å². The van der Waals surface area contributed by atoms with Crippen LogP contribution in [0, 0.1) is 0 Å². The van der Waals surface area contributed by atoms with Crippen LogP contribution in [0.1, 0.15) is 39.5 Å². The summed E-state index contributed by atoms with van der Waals surface area (Å²) in [6, 6.07) is -0.171. The maximum atomic E-state index is 11.1. The van der Waals surface area contributed by atoms with Crippen LogP contribution in [0.5, 0.6) is 0 Å². The molecule has 0 spiro atoms. The van der Waals surface area contributed by atoms with E-state index >= 15 is 0 Å². The van der Waals surface area contributed by atoms with Crippen LogP contribution >= 0.6 is 0 Å². The summed E-state index contributed by atoms with van der Waals surface area (Å²) >= 11 is 0. The number of alkyl carbamates (subject to hydrolysis) is 1. The quantitative estimate of drug-likeness (QED) is 0.637. The van der Waals surface area contributed by atoms with Gasteiger partial charge in [-0.1, -0.05) is 13.3 Å². The zero-order chi connectivity index (χ0) is 11.7. The zero-order valence-electron chi connectivity index (χ0n) is 9.28. The molecule has 0 aromatic carbocycles. The van der Waals surface area contributed by atoms with Crippen molar-refractivity contribution in [3.63, 3.8) is 0 Å². The summed E-state index contributed by atoms with van der Waals surface area (Å²) in [4.78, 5) is 21.3.